The van der Waals surface area contributed by atoms with Crippen LogP contribution in [0.15, 0.2) is 32.4 Å². The third kappa shape index (κ3) is 2.34. The number of nitrogens with zero attached hydrogens (tertiary/aromatic N) is 3. The molecule has 0 aliphatic rings. The Hall–Kier alpha value is -2.31. The van der Waals surface area contributed by atoms with Crippen LogP contribution in [0.4, 0.5) is 5.82 Å². The average Bonchev–Trinajstić information content (AvgIpc) is 2.86. The molecule has 7 heteroatoms. The molecule has 1 N–H and O–H groups in total. The standard InChI is InChI=1S/C11H14N4O3/c1-14-10(16)9(13-15(2)11(14)17)12-6-5-8-4-3-7-18-8/h3-4,7H,5-6H2,1-2H3,(H,12,13). The van der Waals surface area contributed by atoms with Crippen LogP contribution in [-0.4, -0.2) is 20.9 Å². The van der Waals surface area contributed by atoms with E-state index in [4.69, 9.17) is 4.42 Å². The summed E-state index contributed by atoms with van der Waals surface area (Å²) >= 11 is 0. The van der Waals surface area contributed by atoms with Crippen LogP contribution < -0.4 is 16.6 Å². The highest BCUT2D eigenvalue weighted by molar-refractivity contribution is 5.29. The van der Waals surface area contributed by atoms with Gasteiger partial charge in [-0.15, -0.1) is 5.10 Å². The lowest BCUT2D eigenvalue weighted by Crippen LogP contribution is -2.40. The van der Waals surface area contributed by atoms with Gasteiger partial charge in [-0.3, -0.25) is 9.36 Å². The van der Waals surface area contributed by atoms with Gasteiger partial charge in [0.25, 0.3) is 5.56 Å². The van der Waals surface area contributed by atoms with Gasteiger partial charge in [0, 0.05) is 27.1 Å². The van der Waals surface area contributed by atoms with E-state index in [1.165, 1.54) is 14.1 Å². The Bertz CT molecular complexity index is 639. The molecule has 2 heterocycles. The summed E-state index contributed by atoms with van der Waals surface area (Å²) in [4.78, 5) is 23.2. The van der Waals surface area contributed by atoms with Crippen molar-refractivity contribution in [3.63, 3.8) is 0 Å². The van der Waals surface area contributed by atoms with Gasteiger partial charge in [-0.1, -0.05) is 0 Å². The van der Waals surface area contributed by atoms with E-state index in [-0.39, 0.29) is 5.82 Å². The second-order valence-electron chi connectivity index (χ2n) is 3.88. The van der Waals surface area contributed by atoms with Gasteiger partial charge in [0.2, 0.25) is 5.82 Å². The molecule has 0 aromatic carbocycles. The monoisotopic (exact) mass is 250 g/mol. The minimum atomic E-state index is -0.448. The van der Waals surface area contributed by atoms with Crippen molar-refractivity contribution in [1.29, 1.82) is 0 Å². The molecule has 2 aromatic rings. The number of hydrogen-bond acceptors (Lipinski definition) is 5. The van der Waals surface area contributed by atoms with Crippen LogP contribution in [0.25, 0.3) is 0 Å². The average molecular weight is 250 g/mol. The summed E-state index contributed by atoms with van der Waals surface area (Å²) in [6.07, 6.45) is 2.24. The quantitative estimate of drug-likeness (QED) is 0.807. The van der Waals surface area contributed by atoms with Crippen molar-refractivity contribution in [2.24, 2.45) is 14.1 Å². The fraction of sp³-hybridized carbons (Fsp3) is 0.364. The van der Waals surface area contributed by atoms with Crippen molar-refractivity contribution < 1.29 is 4.42 Å². The molecule has 2 aromatic heterocycles. The Morgan fingerprint density at radius 1 is 1.39 bits per heavy atom. The Morgan fingerprint density at radius 3 is 2.83 bits per heavy atom. The lowest BCUT2D eigenvalue weighted by molar-refractivity contribution is 0.512. The first-order valence-corrected chi connectivity index (χ1v) is 5.50. The van der Waals surface area contributed by atoms with Crippen molar-refractivity contribution in [1.82, 2.24) is 14.3 Å². The van der Waals surface area contributed by atoms with Crippen molar-refractivity contribution in [2.75, 3.05) is 11.9 Å². The molecule has 2 rings (SSSR count). The fourth-order valence-corrected chi connectivity index (χ4v) is 1.57. The number of hydrogen-bond donors (Lipinski definition) is 1. The SMILES string of the molecule is Cn1nc(NCCc2ccco2)c(=O)n(C)c1=O. The Kier molecular flexibility index (Phi) is 3.31. The Morgan fingerprint density at radius 2 is 2.17 bits per heavy atom. The molecule has 7 nitrogen and oxygen atoms in total. The molecule has 0 saturated carbocycles. The molecule has 0 atom stereocenters. The molecule has 0 aliphatic carbocycles. The largest absolute Gasteiger partial charge is 0.469 e. The van der Waals surface area contributed by atoms with E-state index in [0.717, 1.165) is 15.0 Å². The van der Waals surface area contributed by atoms with Gasteiger partial charge in [0.05, 0.1) is 6.26 Å². The van der Waals surface area contributed by atoms with Gasteiger partial charge in [-0.2, -0.15) is 0 Å². The molecular weight excluding hydrogens is 236 g/mol. The highest BCUT2D eigenvalue weighted by Gasteiger charge is 2.07. The van der Waals surface area contributed by atoms with E-state index in [9.17, 15) is 9.59 Å². The molecule has 0 aliphatic heterocycles. The van der Waals surface area contributed by atoms with Crippen LogP contribution in [0.5, 0.6) is 0 Å². The maximum absolute atomic E-state index is 11.7. The van der Waals surface area contributed by atoms with Gasteiger partial charge >= 0.3 is 5.69 Å². The summed E-state index contributed by atoms with van der Waals surface area (Å²) in [6.45, 7) is 0.508. The van der Waals surface area contributed by atoms with Crippen molar-refractivity contribution in [2.45, 2.75) is 6.42 Å². The predicted molar refractivity (Wildman–Crippen MR) is 65.6 cm³/mol. The molecule has 0 fully saturated rings. The lowest BCUT2D eigenvalue weighted by Gasteiger charge is -2.06. The van der Waals surface area contributed by atoms with E-state index in [1.54, 1.807) is 12.3 Å². The van der Waals surface area contributed by atoms with Crippen LogP contribution in [0.3, 0.4) is 0 Å². The van der Waals surface area contributed by atoms with Gasteiger partial charge in [0.15, 0.2) is 0 Å². The van der Waals surface area contributed by atoms with E-state index < -0.39 is 11.2 Å². The molecule has 0 unspecified atom stereocenters. The second-order valence-corrected chi connectivity index (χ2v) is 3.88. The van der Waals surface area contributed by atoms with Gasteiger partial charge < -0.3 is 9.73 Å². The number of rotatable bonds is 4. The van der Waals surface area contributed by atoms with Crippen LogP contribution in [-0.2, 0) is 20.5 Å². The minimum Gasteiger partial charge on any atom is -0.469 e. The topological polar surface area (TPSA) is 82.1 Å². The molecular formula is C11H14N4O3. The van der Waals surface area contributed by atoms with Crippen LogP contribution >= 0.6 is 0 Å². The third-order valence-corrected chi connectivity index (χ3v) is 2.56. The minimum absolute atomic E-state index is 0.158. The second kappa shape index (κ2) is 4.91. The maximum atomic E-state index is 11.7. The molecule has 96 valence electrons. The van der Waals surface area contributed by atoms with Crippen molar-refractivity contribution in [3.8, 4) is 0 Å². The molecule has 0 amide bonds. The Balaban J connectivity index is 2.10. The summed E-state index contributed by atoms with van der Waals surface area (Å²) in [5, 5.41) is 6.78. The molecule has 18 heavy (non-hydrogen) atoms. The summed E-state index contributed by atoms with van der Waals surface area (Å²) in [7, 11) is 2.92. The van der Waals surface area contributed by atoms with E-state index in [0.29, 0.717) is 13.0 Å². The van der Waals surface area contributed by atoms with Gasteiger partial charge in [0.1, 0.15) is 5.76 Å². The highest BCUT2D eigenvalue weighted by Crippen LogP contribution is 2.00. The normalized spacial score (nSPS) is 10.6. The first kappa shape index (κ1) is 12.2. The molecule has 0 bridgehead atoms. The van der Waals surface area contributed by atoms with Crippen LogP contribution in [0.1, 0.15) is 5.76 Å². The number of furan rings is 1. The van der Waals surface area contributed by atoms with E-state index in [1.807, 2.05) is 6.07 Å². The number of aromatic nitrogens is 3. The summed E-state index contributed by atoms with van der Waals surface area (Å²) < 4.78 is 7.31. The molecule has 0 spiro atoms. The highest BCUT2D eigenvalue weighted by atomic mass is 16.3. The summed E-state index contributed by atoms with van der Waals surface area (Å²) in [5.74, 6) is 0.982. The van der Waals surface area contributed by atoms with Gasteiger partial charge in [-0.05, 0) is 12.1 Å². The van der Waals surface area contributed by atoms with Crippen molar-refractivity contribution >= 4 is 5.82 Å². The Labute approximate surface area is 103 Å². The fourth-order valence-electron chi connectivity index (χ4n) is 1.57. The zero-order chi connectivity index (χ0) is 13.1. The van der Waals surface area contributed by atoms with E-state index in [2.05, 4.69) is 10.4 Å². The summed E-state index contributed by atoms with van der Waals surface area (Å²) in [5.41, 5.74) is -0.880. The molecule has 0 saturated heterocycles. The number of anilines is 1. The lowest BCUT2D eigenvalue weighted by atomic mass is 10.3. The van der Waals surface area contributed by atoms with E-state index >= 15 is 0 Å². The van der Waals surface area contributed by atoms with Gasteiger partial charge in [-0.25, -0.2) is 9.48 Å². The number of nitrogens with one attached hydrogen (secondary N) is 1. The molecule has 0 radical (unpaired) electrons. The van der Waals surface area contributed by atoms with Crippen LogP contribution in [0.2, 0.25) is 0 Å². The zero-order valence-corrected chi connectivity index (χ0v) is 10.2. The predicted octanol–water partition coefficient (Wildman–Crippen LogP) is -0.273. The number of aryl methyl sites for hydroxylation is 1. The third-order valence-electron chi connectivity index (χ3n) is 2.56. The first-order valence-electron chi connectivity index (χ1n) is 5.50. The smallest absolute Gasteiger partial charge is 0.346 e. The van der Waals surface area contributed by atoms with Crippen molar-refractivity contribution in [3.05, 3.63) is 45.0 Å². The van der Waals surface area contributed by atoms with Crippen LogP contribution in [0, 0.1) is 0 Å². The maximum Gasteiger partial charge on any atom is 0.346 e. The first-order chi connectivity index (χ1) is 8.59. The summed E-state index contributed by atoms with van der Waals surface area (Å²) in [6, 6.07) is 3.66. The zero-order valence-electron chi connectivity index (χ0n) is 10.2.